The van der Waals surface area contributed by atoms with Crippen molar-refractivity contribution in [1.29, 1.82) is 0 Å². The molecule has 0 radical (unpaired) electrons. The largest absolute Gasteiger partial charge is 0.342 e. The molecule has 3 fully saturated rings. The second-order valence-corrected chi connectivity index (χ2v) is 6.89. The maximum absolute atomic E-state index is 13.0. The number of amides is 2. The van der Waals surface area contributed by atoms with E-state index >= 15 is 0 Å². The average molecular weight is 278 g/mol. The van der Waals surface area contributed by atoms with E-state index in [0.717, 1.165) is 38.5 Å². The summed E-state index contributed by atoms with van der Waals surface area (Å²) in [5.74, 6) is 0.998. The van der Waals surface area contributed by atoms with Crippen LogP contribution >= 0.6 is 0 Å². The van der Waals surface area contributed by atoms with Crippen LogP contribution in [-0.4, -0.2) is 34.3 Å². The molecule has 0 bridgehead atoms. The van der Waals surface area contributed by atoms with Gasteiger partial charge in [0.05, 0.1) is 0 Å². The highest BCUT2D eigenvalue weighted by atomic mass is 16.2. The first-order valence-electron chi connectivity index (χ1n) is 8.18. The van der Waals surface area contributed by atoms with Gasteiger partial charge < -0.3 is 10.2 Å². The zero-order chi connectivity index (χ0) is 14.5. The first-order valence-corrected chi connectivity index (χ1v) is 8.18. The fraction of sp³-hybridized carbons (Fsp3) is 0.875. The highest BCUT2D eigenvalue weighted by Gasteiger charge is 2.59. The number of piperazine rings is 1. The fourth-order valence-corrected chi connectivity index (χ4v) is 3.83. The maximum Gasteiger partial charge on any atom is 0.246 e. The summed E-state index contributed by atoms with van der Waals surface area (Å²) < 4.78 is 0. The summed E-state index contributed by atoms with van der Waals surface area (Å²) >= 11 is 0. The minimum absolute atomic E-state index is 0.0865. The number of nitrogens with one attached hydrogen (secondary N) is 1. The number of hydrogen-bond acceptors (Lipinski definition) is 2. The number of nitrogens with zero attached hydrogens (tertiary/aromatic N) is 1. The van der Waals surface area contributed by atoms with Crippen molar-refractivity contribution in [3.05, 3.63) is 0 Å². The Morgan fingerprint density at radius 1 is 1.20 bits per heavy atom. The molecule has 1 N–H and O–H groups in total. The van der Waals surface area contributed by atoms with Gasteiger partial charge in [0.15, 0.2) is 0 Å². The van der Waals surface area contributed by atoms with Gasteiger partial charge in [0.1, 0.15) is 11.6 Å². The Morgan fingerprint density at radius 2 is 1.80 bits per heavy atom. The van der Waals surface area contributed by atoms with Gasteiger partial charge in [0.25, 0.3) is 0 Å². The molecule has 2 amide bonds. The summed E-state index contributed by atoms with van der Waals surface area (Å²) in [5.41, 5.74) is -0.612. The molecule has 2 aliphatic carbocycles. The smallest absolute Gasteiger partial charge is 0.246 e. The van der Waals surface area contributed by atoms with Crippen molar-refractivity contribution in [2.24, 2.45) is 11.8 Å². The summed E-state index contributed by atoms with van der Waals surface area (Å²) in [4.78, 5) is 27.7. The van der Waals surface area contributed by atoms with Crippen LogP contribution in [0.5, 0.6) is 0 Å². The van der Waals surface area contributed by atoms with Gasteiger partial charge in [-0.15, -0.1) is 0 Å². The van der Waals surface area contributed by atoms with Gasteiger partial charge in [-0.1, -0.05) is 13.8 Å². The van der Waals surface area contributed by atoms with Gasteiger partial charge in [-0.25, -0.2) is 0 Å². The van der Waals surface area contributed by atoms with Gasteiger partial charge in [0, 0.05) is 6.04 Å². The molecule has 1 saturated heterocycles. The van der Waals surface area contributed by atoms with Crippen LogP contribution in [0.25, 0.3) is 0 Å². The molecule has 0 aromatic rings. The number of carbonyl (C=O) groups is 2. The van der Waals surface area contributed by atoms with Crippen LogP contribution in [-0.2, 0) is 9.59 Å². The first kappa shape index (κ1) is 13.9. The molecule has 20 heavy (non-hydrogen) atoms. The monoisotopic (exact) mass is 278 g/mol. The standard InChI is InChI=1S/C16H26N2O2/c1-4-12(5-2)18-14(19)13(10-6-7-10)17-15(20)16(18,3)11-8-9-11/h10-13H,4-9H2,1-3H3,(H,17,20). The molecule has 3 rings (SSSR count). The predicted octanol–water partition coefficient (Wildman–Crippen LogP) is 2.08. The van der Waals surface area contributed by atoms with E-state index in [1.165, 1.54) is 0 Å². The molecule has 2 unspecified atom stereocenters. The molecular formula is C16H26N2O2. The zero-order valence-electron chi connectivity index (χ0n) is 12.8. The summed E-state index contributed by atoms with van der Waals surface area (Å²) in [6.07, 6.45) is 6.15. The Morgan fingerprint density at radius 3 is 2.25 bits per heavy atom. The lowest BCUT2D eigenvalue weighted by atomic mass is 9.84. The molecular weight excluding hydrogens is 252 g/mol. The minimum Gasteiger partial charge on any atom is -0.342 e. The Balaban J connectivity index is 1.95. The van der Waals surface area contributed by atoms with Gasteiger partial charge >= 0.3 is 0 Å². The van der Waals surface area contributed by atoms with Crippen molar-refractivity contribution in [3.63, 3.8) is 0 Å². The maximum atomic E-state index is 13.0. The van der Waals surface area contributed by atoms with Crippen LogP contribution in [0.15, 0.2) is 0 Å². The Hall–Kier alpha value is -1.06. The van der Waals surface area contributed by atoms with Crippen LogP contribution in [0.3, 0.4) is 0 Å². The van der Waals surface area contributed by atoms with Crippen LogP contribution in [0, 0.1) is 11.8 Å². The third kappa shape index (κ3) is 1.95. The minimum atomic E-state index is -0.612. The van der Waals surface area contributed by atoms with Crippen LogP contribution in [0.1, 0.15) is 59.3 Å². The number of hydrogen-bond donors (Lipinski definition) is 1. The molecule has 4 nitrogen and oxygen atoms in total. The molecule has 1 heterocycles. The highest BCUT2D eigenvalue weighted by Crippen LogP contribution is 2.47. The topological polar surface area (TPSA) is 49.4 Å². The lowest BCUT2D eigenvalue weighted by Gasteiger charge is -2.50. The molecule has 4 heteroatoms. The predicted molar refractivity (Wildman–Crippen MR) is 77.0 cm³/mol. The van der Waals surface area contributed by atoms with E-state index in [4.69, 9.17) is 0 Å². The molecule has 2 saturated carbocycles. The zero-order valence-corrected chi connectivity index (χ0v) is 12.8. The average Bonchev–Trinajstić information content (AvgIpc) is 3.30. The molecule has 2 atom stereocenters. The summed E-state index contributed by atoms with van der Waals surface area (Å²) in [6, 6.07) is -0.0599. The van der Waals surface area contributed by atoms with E-state index < -0.39 is 5.54 Å². The van der Waals surface area contributed by atoms with Gasteiger partial charge in [-0.05, 0) is 57.3 Å². The molecule has 3 aliphatic rings. The summed E-state index contributed by atoms with van der Waals surface area (Å²) in [6.45, 7) is 6.22. The second-order valence-electron chi connectivity index (χ2n) is 6.89. The van der Waals surface area contributed by atoms with E-state index in [1.54, 1.807) is 0 Å². The first-order chi connectivity index (χ1) is 9.53. The van der Waals surface area contributed by atoms with E-state index in [9.17, 15) is 9.59 Å². The Kier molecular flexibility index (Phi) is 3.30. The van der Waals surface area contributed by atoms with Crippen LogP contribution in [0.2, 0.25) is 0 Å². The normalized spacial score (nSPS) is 34.6. The summed E-state index contributed by atoms with van der Waals surface area (Å²) in [5, 5.41) is 3.04. The van der Waals surface area contributed by atoms with E-state index in [-0.39, 0.29) is 23.9 Å². The Labute approximate surface area is 121 Å². The molecule has 0 aromatic carbocycles. The molecule has 1 aliphatic heterocycles. The SMILES string of the molecule is CCC(CC)N1C(=O)C(C2CC2)NC(=O)C1(C)C1CC1. The lowest BCUT2D eigenvalue weighted by molar-refractivity contribution is -0.162. The molecule has 112 valence electrons. The van der Waals surface area contributed by atoms with Gasteiger partial charge in [-0.3, -0.25) is 9.59 Å². The number of carbonyl (C=O) groups excluding carboxylic acids is 2. The van der Waals surface area contributed by atoms with Crippen LogP contribution in [0.4, 0.5) is 0 Å². The van der Waals surface area contributed by atoms with Gasteiger partial charge in [-0.2, -0.15) is 0 Å². The van der Waals surface area contributed by atoms with E-state index in [1.807, 2.05) is 11.8 Å². The lowest BCUT2D eigenvalue weighted by Crippen LogP contribution is -2.72. The van der Waals surface area contributed by atoms with Crippen molar-refractivity contribution in [2.75, 3.05) is 0 Å². The third-order valence-electron chi connectivity index (χ3n) is 5.52. The van der Waals surface area contributed by atoms with E-state index in [0.29, 0.717) is 11.8 Å². The second kappa shape index (κ2) is 4.74. The van der Waals surface area contributed by atoms with Crippen molar-refractivity contribution in [1.82, 2.24) is 10.2 Å². The fourth-order valence-electron chi connectivity index (χ4n) is 3.83. The van der Waals surface area contributed by atoms with Crippen molar-refractivity contribution in [3.8, 4) is 0 Å². The molecule has 0 spiro atoms. The van der Waals surface area contributed by atoms with Crippen LogP contribution < -0.4 is 5.32 Å². The van der Waals surface area contributed by atoms with Crippen molar-refractivity contribution >= 4 is 11.8 Å². The third-order valence-corrected chi connectivity index (χ3v) is 5.52. The molecule has 0 aromatic heterocycles. The van der Waals surface area contributed by atoms with E-state index in [2.05, 4.69) is 19.2 Å². The highest BCUT2D eigenvalue weighted by molar-refractivity contribution is 6.00. The quantitative estimate of drug-likeness (QED) is 0.837. The van der Waals surface area contributed by atoms with Gasteiger partial charge in [0.2, 0.25) is 11.8 Å². The number of rotatable bonds is 5. The summed E-state index contributed by atoms with van der Waals surface area (Å²) in [7, 11) is 0. The van der Waals surface area contributed by atoms with Crippen molar-refractivity contribution < 1.29 is 9.59 Å². The Bertz CT molecular complexity index is 424. The van der Waals surface area contributed by atoms with Crippen molar-refractivity contribution in [2.45, 2.75) is 76.9 Å².